The molecule has 0 aromatic carbocycles. The van der Waals surface area contributed by atoms with E-state index >= 15 is 0 Å². The van der Waals surface area contributed by atoms with E-state index in [-0.39, 0.29) is 30.2 Å². The van der Waals surface area contributed by atoms with Crippen molar-refractivity contribution < 1.29 is 9.59 Å². The molecule has 9 nitrogen and oxygen atoms in total. The highest BCUT2D eigenvalue weighted by Crippen LogP contribution is 2.34. The maximum absolute atomic E-state index is 12.8. The molecule has 1 saturated heterocycles. The van der Waals surface area contributed by atoms with Gasteiger partial charge in [-0.15, -0.1) is 21.5 Å². The number of amides is 2. The monoisotopic (exact) mass is 411 g/mol. The van der Waals surface area contributed by atoms with Gasteiger partial charge in [-0.05, 0) is 42.3 Å². The molecule has 29 heavy (non-hydrogen) atoms. The van der Waals surface area contributed by atoms with E-state index in [2.05, 4.69) is 31.5 Å². The Kier molecular flexibility index (Phi) is 4.72. The summed E-state index contributed by atoms with van der Waals surface area (Å²) in [6, 6.07) is 7.33. The van der Waals surface area contributed by atoms with Crippen molar-refractivity contribution in [1.29, 1.82) is 0 Å². The summed E-state index contributed by atoms with van der Waals surface area (Å²) in [6.45, 7) is 0.213. The first-order chi connectivity index (χ1) is 14.2. The Bertz CT molecular complexity index is 1050. The molecule has 4 heterocycles. The first-order valence-electron chi connectivity index (χ1n) is 9.79. The van der Waals surface area contributed by atoms with Crippen molar-refractivity contribution in [3.8, 4) is 10.6 Å². The Hall–Kier alpha value is -2.85. The van der Waals surface area contributed by atoms with Gasteiger partial charge in [0.1, 0.15) is 11.7 Å². The molecule has 0 bridgehead atoms. The molecule has 3 aromatic rings. The van der Waals surface area contributed by atoms with Crippen molar-refractivity contribution in [3.05, 3.63) is 35.5 Å². The SMILES string of the molecule is O=C1NNC(C(=O)NCc2nnc3ccc(-c4cccs4)nn23)C2CCCCC12. The second kappa shape index (κ2) is 7.53. The number of nitrogens with one attached hydrogen (secondary N) is 3. The number of rotatable bonds is 4. The third kappa shape index (κ3) is 3.38. The second-order valence-corrected chi connectivity index (χ2v) is 8.41. The molecule has 3 unspecified atom stereocenters. The largest absolute Gasteiger partial charge is 0.347 e. The average molecular weight is 411 g/mol. The molecule has 2 amide bonds. The van der Waals surface area contributed by atoms with Crippen molar-refractivity contribution in [3.63, 3.8) is 0 Å². The van der Waals surface area contributed by atoms with Crippen LogP contribution in [0.2, 0.25) is 0 Å². The van der Waals surface area contributed by atoms with Crippen LogP contribution in [0.3, 0.4) is 0 Å². The Morgan fingerprint density at radius 1 is 1.24 bits per heavy atom. The standard InChI is InChI=1S/C19H21N7O2S/c27-18-12-5-2-1-4-11(12)17(23-24-18)19(28)20-10-16-22-21-15-8-7-13(25-26(15)16)14-6-3-9-29-14/h3,6-9,11-12,17,23H,1-2,4-5,10H2,(H,20,28)(H,24,27). The molecule has 5 rings (SSSR count). The number of hydrazine groups is 1. The summed E-state index contributed by atoms with van der Waals surface area (Å²) in [5.74, 6) is 0.341. The van der Waals surface area contributed by atoms with Gasteiger partial charge in [0.05, 0.1) is 11.4 Å². The third-order valence-electron chi connectivity index (χ3n) is 5.74. The van der Waals surface area contributed by atoms with Crippen LogP contribution >= 0.6 is 11.3 Å². The predicted octanol–water partition coefficient (Wildman–Crippen LogP) is 1.28. The van der Waals surface area contributed by atoms with Crippen LogP contribution in [0, 0.1) is 11.8 Å². The normalized spacial score (nSPS) is 24.1. The lowest BCUT2D eigenvalue weighted by molar-refractivity contribution is -0.138. The minimum atomic E-state index is -0.438. The molecule has 150 valence electrons. The van der Waals surface area contributed by atoms with E-state index in [9.17, 15) is 9.59 Å². The number of thiophene rings is 1. The number of aromatic nitrogens is 4. The van der Waals surface area contributed by atoms with Gasteiger partial charge in [0, 0.05) is 5.92 Å². The number of hydrogen-bond donors (Lipinski definition) is 3. The van der Waals surface area contributed by atoms with Gasteiger partial charge >= 0.3 is 0 Å². The minimum Gasteiger partial charge on any atom is -0.347 e. The van der Waals surface area contributed by atoms with Gasteiger partial charge in [-0.1, -0.05) is 18.9 Å². The fourth-order valence-corrected chi connectivity index (χ4v) is 4.96. The van der Waals surface area contributed by atoms with E-state index in [0.717, 1.165) is 36.3 Å². The fourth-order valence-electron chi connectivity index (χ4n) is 4.27. The van der Waals surface area contributed by atoms with Crippen molar-refractivity contribution >= 4 is 28.8 Å². The molecule has 1 aliphatic carbocycles. The maximum atomic E-state index is 12.8. The Morgan fingerprint density at radius 3 is 3.00 bits per heavy atom. The summed E-state index contributed by atoms with van der Waals surface area (Å²) in [5, 5.41) is 17.9. The zero-order valence-corrected chi connectivity index (χ0v) is 16.5. The second-order valence-electron chi connectivity index (χ2n) is 7.47. The van der Waals surface area contributed by atoms with E-state index < -0.39 is 6.04 Å². The molecule has 1 saturated carbocycles. The van der Waals surface area contributed by atoms with Gasteiger partial charge in [0.25, 0.3) is 0 Å². The van der Waals surface area contributed by atoms with Crippen molar-refractivity contribution in [2.75, 3.05) is 0 Å². The van der Waals surface area contributed by atoms with E-state index in [1.54, 1.807) is 15.9 Å². The lowest BCUT2D eigenvalue weighted by atomic mass is 9.73. The summed E-state index contributed by atoms with van der Waals surface area (Å²) in [4.78, 5) is 26.0. The van der Waals surface area contributed by atoms with Crippen LogP contribution in [0.25, 0.3) is 16.2 Å². The Morgan fingerprint density at radius 2 is 2.14 bits per heavy atom. The maximum Gasteiger partial charge on any atom is 0.239 e. The topological polar surface area (TPSA) is 113 Å². The number of fused-ring (bicyclic) bond motifs is 2. The Labute approximate surface area is 170 Å². The van der Waals surface area contributed by atoms with Crippen molar-refractivity contribution in [2.45, 2.75) is 38.3 Å². The van der Waals surface area contributed by atoms with Gasteiger partial charge in [0.2, 0.25) is 11.8 Å². The van der Waals surface area contributed by atoms with Gasteiger partial charge < -0.3 is 5.32 Å². The van der Waals surface area contributed by atoms with Crippen LogP contribution in [0.4, 0.5) is 0 Å². The van der Waals surface area contributed by atoms with Crippen LogP contribution in [0.1, 0.15) is 31.5 Å². The molecule has 0 radical (unpaired) electrons. The van der Waals surface area contributed by atoms with E-state index in [1.165, 1.54) is 0 Å². The van der Waals surface area contributed by atoms with E-state index in [1.807, 2.05) is 29.6 Å². The number of nitrogens with zero attached hydrogens (tertiary/aromatic N) is 4. The Balaban J connectivity index is 1.32. The van der Waals surface area contributed by atoms with E-state index in [0.29, 0.717) is 11.5 Å². The van der Waals surface area contributed by atoms with Crippen LogP contribution < -0.4 is 16.2 Å². The summed E-state index contributed by atoms with van der Waals surface area (Å²) >= 11 is 1.61. The fraction of sp³-hybridized carbons (Fsp3) is 0.421. The van der Waals surface area contributed by atoms with Crippen molar-refractivity contribution in [1.82, 2.24) is 36.0 Å². The number of hydrogen-bond acceptors (Lipinski definition) is 7. The van der Waals surface area contributed by atoms with E-state index in [4.69, 9.17) is 0 Å². The summed E-state index contributed by atoms with van der Waals surface area (Å²) in [7, 11) is 0. The molecule has 1 aliphatic heterocycles. The average Bonchev–Trinajstić information content (AvgIpc) is 3.42. The van der Waals surface area contributed by atoms with Crippen molar-refractivity contribution in [2.24, 2.45) is 11.8 Å². The zero-order valence-electron chi connectivity index (χ0n) is 15.7. The molecule has 2 aliphatic rings. The van der Waals surface area contributed by atoms with Gasteiger partial charge in [-0.25, -0.2) is 5.43 Å². The highest BCUT2D eigenvalue weighted by molar-refractivity contribution is 7.13. The molecule has 3 atom stereocenters. The highest BCUT2D eigenvalue weighted by Gasteiger charge is 2.42. The smallest absolute Gasteiger partial charge is 0.239 e. The minimum absolute atomic E-state index is 0.00694. The quantitative estimate of drug-likeness (QED) is 0.596. The van der Waals surface area contributed by atoms with Gasteiger partial charge in [-0.2, -0.15) is 9.61 Å². The summed E-state index contributed by atoms with van der Waals surface area (Å²) in [5.41, 5.74) is 7.02. The number of carbonyl (C=O) groups excluding carboxylic acids is 2. The van der Waals surface area contributed by atoms with Crippen LogP contribution in [0.5, 0.6) is 0 Å². The first kappa shape index (κ1) is 18.2. The molecule has 2 fully saturated rings. The third-order valence-corrected chi connectivity index (χ3v) is 6.63. The van der Waals surface area contributed by atoms with Crippen LogP contribution in [-0.4, -0.2) is 37.7 Å². The van der Waals surface area contributed by atoms with Gasteiger partial charge in [-0.3, -0.25) is 15.0 Å². The molecular weight excluding hydrogens is 390 g/mol. The molecule has 0 spiro atoms. The summed E-state index contributed by atoms with van der Waals surface area (Å²) in [6.07, 6.45) is 3.80. The van der Waals surface area contributed by atoms with Crippen LogP contribution in [-0.2, 0) is 16.1 Å². The molecule has 10 heteroatoms. The van der Waals surface area contributed by atoms with Crippen LogP contribution in [0.15, 0.2) is 29.6 Å². The predicted molar refractivity (Wildman–Crippen MR) is 106 cm³/mol. The molecule has 3 N–H and O–H groups in total. The zero-order chi connectivity index (χ0) is 19.8. The molecular formula is C19H21N7O2S. The summed E-state index contributed by atoms with van der Waals surface area (Å²) < 4.78 is 1.66. The lowest BCUT2D eigenvalue weighted by Crippen LogP contribution is -2.64. The first-order valence-corrected chi connectivity index (χ1v) is 10.7. The lowest BCUT2D eigenvalue weighted by Gasteiger charge is -2.40. The molecule has 3 aromatic heterocycles. The highest BCUT2D eigenvalue weighted by atomic mass is 32.1. The van der Waals surface area contributed by atoms with Gasteiger partial charge in [0.15, 0.2) is 11.5 Å². The number of carbonyl (C=O) groups is 2.